The molecule has 0 fully saturated rings. The average molecular weight is 224 g/mol. The Morgan fingerprint density at radius 2 is 2.07 bits per heavy atom. The van der Waals surface area contributed by atoms with Gasteiger partial charge in [0, 0.05) is 5.02 Å². The molecule has 0 spiro atoms. The third-order valence-corrected chi connectivity index (χ3v) is 2.59. The Morgan fingerprint density at radius 3 is 2.67 bits per heavy atom. The first-order valence-corrected chi connectivity index (χ1v) is 5.66. The van der Waals surface area contributed by atoms with Gasteiger partial charge in [0.15, 0.2) is 0 Å². The first-order chi connectivity index (χ1) is 7.13. The van der Waals surface area contributed by atoms with Crippen LogP contribution in [0.25, 0.3) is 5.57 Å². The lowest BCUT2D eigenvalue weighted by atomic mass is 10.0. The van der Waals surface area contributed by atoms with E-state index in [2.05, 4.69) is 12.6 Å². The quantitative estimate of drug-likeness (QED) is 0.758. The first-order valence-electron chi connectivity index (χ1n) is 5.29. The zero-order valence-electron chi connectivity index (χ0n) is 9.22. The van der Waals surface area contributed by atoms with E-state index in [-0.39, 0.29) is 0 Å². The van der Waals surface area contributed by atoms with Crippen molar-refractivity contribution in [3.8, 4) is 0 Å². The van der Waals surface area contributed by atoms with Crippen LogP contribution in [0.5, 0.6) is 0 Å². The number of allylic oxidation sites excluding steroid dienone is 1. The Bertz CT molecular complexity index is 344. The molecule has 0 atom stereocenters. The normalized spacial score (nSPS) is 10.3. The molecule has 0 aliphatic rings. The average Bonchev–Trinajstić information content (AvgIpc) is 2.17. The molecule has 1 nitrogen and oxygen atoms in total. The predicted molar refractivity (Wildman–Crippen MR) is 68.2 cm³/mol. The second-order valence-electron chi connectivity index (χ2n) is 3.87. The third kappa shape index (κ3) is 4.06. The van der Waals surface area contributed by atoms with Crippen molar-refractivity contribution in [2.24, 2.45) is 5.73 Å². The lowest BCUT2D eigenvalue weighted by Crippen LogP contribution is -1.99. The number of rotatable bonds is 5. The van der Waals surface area contributed by atoms with Crippen LogP contribution in [-0.4, -0.2) is 6.54 Å². The molecule has 1 aromatic rings. The monoisotopic (exact) mass is 223 g/mol. The minimum absolute atomic E-state index is 0.758. The zero-order chi connectivity index (χ0) is 11.3. The third-order valence-electron chi connectivity index (χ3n) is 2.37. The summed E-state index contributed by atoms with van der Waals surface area (Å²) in [6, 6.07) is 6.13. The molecule has 0 amide bonds. The van der Waals surface area contributed by atoms with Gasteiger partial charge in [-0.15, -0.1) is 0 Å². The molecular formula is C13H18ClN. The van der Waals surface area contributed by atoms with E-state index in [0.29, 0.717) is 0 Å². The van der Waals surface area contributed by atoms with Crippen LogP contribution >= 0.6 is 11.6 Å². The van der Waals surface area contributed by atoms with Gasteiger partial charge in [-0.25, -0.2) is 0 Å². The van der Waals surface area contributed by atoms with E-state index >= 15 is 0 Å². The smallest absolute Gasteiger partial charge is 0.0414 e. The summed E-state index contributed by atoms with van der Waals surface area (Å²) in [4.78, 5) is 0. The second-order valence-corrected chi connectivity index (χ2v) is 4.31. The molecule has 2 N–H and O–H groups in total. The van der Waals surface area contributed by atoms with E-state index in [1.807, 2.05) is 19.1 Å². The molecule has 0 radical (unpaired) electrons. The summed E-state index contributed by atoms with van der Waals surface area (Å²) in [7, 11) is 0. The topological polar surface area (TPSA) is 26.0 Å². The number of hydrogen-bond donors (Lipinski definition) is 1. The minimum atomic E-state index is 0.758. The SMILES string of the molecule is C=C(C)c1cc(Cl)cc(CCCCN)c1. The highest BCUT2D eigenvalue weighted by molar-refractivity contribution is 6.30. The number of hydrogen-bond acceptors (Lipinski definition) is 1. The van der Waals surface area contributed by atoms with Gasteiger partial charge < -0.3 is 5.73 Å². The van der Waals surface area contributed by atoms with Crippen molar-refractivity contribution in [3.05, 3.63) is 40.9 Å². The van der Waals surface area contributed by atoms with Crippen molar-refractivity contribution in [3.63, 3.8) is 0 Å². The molecule has 0 aliphatic heterocycles. The molecule has 1 aromatic carbocycles. The molecule has 0 saturated heterocycles. The van der Waals surface area contributed by atoms with E-state index < -0.39 is 0 Å². The molecule has 0 bridgehead atoms. The summed E-state index contributed by atoms with van der Waals surface area (Å²) >= 11 is 6.04. The highest BCUT2D eigenvalue weighted by Gasteiger charge is 2.00. The Morgan fingerprint density at radius 1 is 1.33 bits per heavy atom. The summed E-state index contributed by atoms with van der Waals surface area (Å²) in [6.07, 6.45) is 3.22. The van der Waals surface area contributed by atoms with Crippen LogP contribution in [0.2, 0.25) is 5.02 Å². The number of nitrogens with two attached hydrogens (primary N) is 1. The fourth-order valence-corrected chi connectivity index (χ4v) is 1.77. The van der Waals surface area contributed by atoms with Crippen molar-refractivity contribution in [2.75, 3.05) is 6.54 Å². The van der Waals surface area contributed by atoms with E-state index in [0.717, 1.165) is 42.0 Å². The van der Waals surface area contributed by atoms with Gasteiger partial charge in [-0.2, -0.15) is 0 Å². The van der Waals surface area contributed by atoms with Crippen LogP contribution in [-0.2, 0) is 6.42 Å². The molecule has 82 valence electrons. The van der Waals surface area contributed by atoms with Crippen LogP contribution in [0.4, 0.5) is 0 Å². The van der Waals surface area contributed by atoms with E-state index in [1.54, 1.807) is 0 Å². The maximum Gasteiger partial charge on any atom is 0.0414 e. The molecule has 1 rings (SSSR count). The lowest BCUT2D eigenvalue weighted by Gasteiger charge is -2.06. The van der Waals surface area contributed by atoms with E-state index in [4.69, 9.17) is 17.3 Å². The Labute approximate surface area is 96.9 Å². The van der Waals surface area contributed by atoms with Gasteiger partial charge in [0.1, 0.15) is 0 Å². The lowest BCUT2D eigenvalue weighted by molar-refractivity contribution is 0.745. The van der Waals surface area contributed by atoms with Gasteiger partial charge in [-0.05, 0) is 56.0 Å². The first kappa shape index (κ1) is 12.3. The molecule has 2 heteroatoms. The Kier molecular flexibility index (Phi) is 4.86. The van der Waals surface area contributed by atoms with E-state index in [1.165, 1.54) is 5.56 Å². The van der Waals surface area contributed by atoms with Gasteiger partial charge in [-0.3, -0.25) is 0 Å². The van der Waals surface area contributed by atoms with Crippen LogP contribution in [0.15, 0.2) is 24.8 Å². The molecule has 0 heterocycles. The maximum absolute atomic E-state index is 6.04. The summed E-state index contributed by atoms with van der Waals surface area (Å²) in [5.41, 5.74) is 8.92. The van der Waals surface area contributed by atoms with Crippen LogP contribution in [0, 0.1) is 0 Å². The molecule has 15 heavy (non-hydrogen) atoms. The zero-order valence-corrected chi connectivity index (χ0v) is 9.98. The Hall–Kier alpha value is -0.790. The van der Waals surface area contributed by atoms with Gasteiger partial charge in [0.05, 0.1) is 0 Å². The van der Waals surface area contributed by atoms with E-state index in [9.17, 15) is 0 Å². The minimum Gasteiger partial charge on any atom is -0.330 e. The van der Waals surface area contributed by atoms with Crippen molar-refractivity contribution < 1.29 is 0 Å². The van der Waals surface area contributed by atoms with Crippen molar-refractivity contribution in [2.45, 2.75) is 26.2 Å². The molecule has 0 saturated carbocycles. The van der Waals surface area contributed by atoms with Crippen LogP contribution in [0.3, 0.4) is 0 Å². The van der Waals surface area contributed by atoms with Crippen LogP contribution in [0.1, 0.15) is 30.9 Å². The van der Waals surface area contributed by atoms with Gasteiger partial charge >= 0.3 is 0 Å². The highest BCUT2D eigenvalue weighted by Crippen LogP contribution is 2.21. The number of aryl methyl sites for hydroxylation is 1. The van der Waals surface area contributed by atoms with Gasteiger partial charge in [0.25, 0.3) is 0 Å². The number of benzene rings is 1. The summed E-state index contributed by atoms with van der Waals surface area (Å²) in [5, 5.41) is 0.790. The van der Waals surface area contributed by atoms with Crippen molar-refractivity contribution in [1.82, 2.24) is 0 Å². The summed E-state index contributed by atoms with van der Waals surface area (Å²) < 4.78 is 0. The van der Waals surface area contributed by atoms with Gasteiger partial charge in [0.2, 0.25) is 0 Å². The largest absolute Gasteiger partial charge is 0.330 e. The maximum atomic E-state index is 6.04. The van der Waals surface area contributed by atoms with Gasteiger partial charge in [-0.1, -0.05) is 29.8 Å². The molecular weight excluding hydrogens is 206 g/mol. The van der Waals surface area contributed by atoms with Crippen molar-refractivity contribution >= 4 is 17.2 Å². The standard InChI is InChI=1S/C13H18ClN/c1-10(2)12-7-11(5-3-4-6-15)8-13(14)9-12/h7-9H,1,3-6,15H2,2H3. The summed E-state index contributed by atoms with van der Waals surface area (Å²) in [5.74, 6) is 0. The highest BCUT2D eigenvalue weighted by atomic mass is 35.5. The second kappa shape index (κ2) is 5.94. The molecule has 0 aromatic heterocycles. The fourth-order valence-electron chi connectivity index (χ4n) is 1.51. The van der Waals surface area contributed by atoms with Crippen molar-refractivity contribution in [1.29, 1.82) is 0 Å². The fraction of sp³-hybridized carbons (Fsp3) is 0.385. The van der Waals surface area contributed by atoms with Crippen LogP contribution < -0.4 is 5.73 Å². The summed E-state index contributed by atoms with van der Waals surface area (Å²) in [6.45, 7) is 6.68. The predicted octanol–water partition coefficient (Wildman–Crippen LogP) is 3.65. The number of unbranched alkanes of at least 4 members (excludes halogenated alkanes) is 1. The molecule has 0 aliphatic carbocycles. The number of halogens is 1. The molecule has 0 unspecified atom stereocenters. The Balaban J connectivity index is 2.75.